The molecule has 2 rings (SSSR count). The van der Waals surface area contributed by atoms with E-state index in [-0.39, 0.29) is 5.56 Å². The van der Waals surface area contributed by atoms with E-state index in [4.69, 9.17) is 5.84 Å². The molecule has 0 bridgehead atoms. The smallest absolute Gasteiger partial charge is 0.271 e. The van der Waals surface area contributed by atoms with Crippen LogP contribution in [0, 0.1) is 0 Å². The number of hydrogen-bond donors (Lipinski definition) is 2. The summed E-state index contributed by atoms with van der Waals surface area (Å²) < 4.78 is 39.8. The van der Waals surface area contributed by atoms with E-state index in [0.29, 0.717) is 10.2 Å². The van der Waals surface area contributed by atoms with Crippen LogP contribution in [0.15, 0.2) is 47.1 Å². The fraction of sp³-hybridized carbons (Fsp3) is 0.154. The summed E-state index contributed by atoms with van der Waals surface area (Å²) in [4.78, 5) is 4.09. The molecule has 0 spiro atoms. The molecular formula is C13H11BrF3N3. The number of hydrogen-bond acceptors (Lipinski definition) is 3. The first kappa shape index (κ1) is 15.0. The summed E-state index contributed by atoms with van der Waals surface area (Å²) in [5.74, 6) is 5.44. The molecular weight excluding hydrogens is 335 g/mol. The number of alkyl halides is 3. The number of rotatable bonds is 3. The van der Waals surface area contributed by atoms with Gasteiger partial charge >= 0.3 is 6.18 Å². The standard InChI is InChI=1S/C13H11BrF3N3/c14-10-6-3-7-19-12(10)11(20-18)8-4-1-2-5-9(8)13(15,16)17/h1-7,11,20H,18H2. The zero-order valence-corrected chi connectivity index (χ0v) is 11.7. The third-order valence-electron chi connectivity index (χ3n) is 2.80. The Morgan fingerprint density at radius 3 is 2.45 bits per heavy atom. The highest BCUT2D eigenvalue weighted by molar-refractivity contribution is 9.10. The number of nitrogens with two attached hydrogens (primary N) is 1. The first-order chi connectivity index (χ1) is 9.45. The average molecular weight is 346 g/mol. The van der Waals surface area contributed by atoms with Gasteiger partial charge in [-0.2, -0.15) is 13.2 Å². The summed E-state index contributed by atoms with van der Waals surface area (Å²) >= 11 is 3.27. The van der Waals surface area contributed by atoms with E-state index in [0.717, 1.165) is 6.07 Å². The quantitative estimate of drug-likeness (QED) is 0.662. The molecule has 1 aromatic carbocycles. The van der Waals surface area contributed by atoms with Gasteiger partial charge in [0.05, 0.1) is 17.3 Å². The second kappa shape index (κ2) is 5.90. The van der Waals surface area contributed by atoms with Crippen molar-refractivity contribution in [1.82, 2.24) is 10.4 Å². The van der Waals surface area contributed by atoms with Gasteiger partial charge in [0.15, 0.2) is 0 Å². The molecule has 1 unspecified atom stereocenters. The topological polar surface area (TPSA) is 50.9 Å². The summed E-state index contributed by atoms with van der Waals surface area (Å²) in [6, 6.07) is 7.80. The molecule has 20 heavy (non-hydrogen) atoms. The Morgan fingerprint density at radius 1 is 1.15 bits per heavy atom. The summed E-state index contributed by atoms with van der Waals surface area (Å²) in [6.07, 6.45) is -2.95. The number of pyridine rings is 1. The average Bonchev–Trinajstić information content (AvgIpc) is 2.41. The molecule has 0 saturated carbocycles. The Kier molecular flexibility index (Phi) is 4.42. The van der Waals surface area contributed by atoms with Crippen LogP contribution in [0.3, 0.4) is 0 Å². The van der Waals surface area contributed by atoms with Crippen LogP contribution in [0.1, 0.15) is 22.9 Å². The second-order valence-electron chi connectivity index (χ2n) is 4.06. The lowest BCUT2D eigenvalue weighted by Crippen LogP contribution is -2.31. The highest BCUT2D eigenvalue weighted by Crippen LogP contribution is 2.37. The molecule has 0 amide bonds. The van der Waals surface area contributed by atoms with Gasteiger partial charge in [-0.25, -0.2) is 5.43 Å². The molecule has 0 fully saturated rings. The van der Waals surface area contributed by atoms with Gasteiger partial charge in [-0.1, -0.05) is 18.2 Å². The molecule has 0 aliphatic rings. The molecule has 0 saturated heterocycles. The SMILES string of the molecule is NNC(c1ccccc1C(F)(F)F)c1ncccc1Br. The maximum absolute atomic E-state index is 13.1. The lowest BCUT2D eigenvalue weighted by molar-refractivity contribution is -0.138. The maximum Gasteiger partial charge on any atom is 0.416 e. The van der Waals surface area contributed by atoms with Gasteiger partial charge in [0, 0.05) is 10.7 Å². The summed E-state index contributed by atoms with van der Waals surface area (Å²) in [6.45, 7) is 0. The highest BCUT2D eigenvalue weighted by Gasteiger charge is 2.35. The summed E-state index contributed by atoms with van der Waals surface area (Å²) in [5, 5.41) is 0. The van der Waals surface area contributed by atoms with E-state index < -0.39 is 17.8 Å². The van der Waals surface area contributed by atoms with Crippen LogP contribution in [0.4, 0.5) is 13.2 Å². The lowest BCUT2D eigenvalue weighted by atomic mass is 9.97. The van der Waals surface area contributed by atoms with Crippen LogP contribution >= 0.6 is 15.9 Å². The molecule has 0 radical (unpaired) electrons. The Hall–Kier alpha value is -1.44. The van der Waals surface area contributed by atoms with Gasteiger partial charge < -0.3 is 0 Å². The van der Waals surface area contributed by atoms with Crippen LogP contribution in [0.2, 0.25) is 0 Å². The molecule has 1 aromatic heterocycles. The number of nitrogens with one attached hydrogen (secondary N) is 1. The van der Waals surface area contributed by atoms with E-state index in [9.17, 15) is 13.2 Å². The van der Waals surface area contributed by atoms with Crippen molar-refractivity contribution in [2.24, 2.45) is 5.84 Å². The maximum atomic E-state index is 13.1. The Morgan fingerprint density at radius 2 is 1.85 bits per heavy atom. The van der Waals surface area contributed by atoms with E-state index >= 15 is 0 Å². The second-order valence-corrected chi connectivity index (χ2v) is 4.91. The lowest BCUT2D eigenvalue weighted by Gasteiger charge is -2.21. The van der Waals surface area contributed by atoms with Crippen molar-refractivity contribution >= 4 is 15.9 Å². The fourth-order valence-corrected chi connectivity index (χ4v) is 2.42. The molecule has 1 atom stereocenters. The van der Waals surface area contributed by atoms with Crippen LogP contribution in [0.25, 0.3) is 0 Å². The first-order valence-electron chi connectivity index (χ1n) is 5.68. The summed E-state index contributed by atoms with van der Waals surface area (Å²) in [5.41, 5.74) is 2.08. The molecule has 3 N–H and O–H groups in total. The van der Waals surface area contributed by atoms with Crippen molar-refractivity contribution in [3.63, 3.8) is 0 Å². The van der Waals surface area contributed by atoms with E-state index in [1.54, 1.807) is 12.1 Å². The normalized spacial score (nSPS) is 13.2. The van der Waals surface area contributed by atoms with Crippen LogP contribution in [-0.2, 0) is 6.18 Å². The minimum Gasteiger partial charge on any atom is -0.271 e. The Bertz CT molecular complexity index is 601. The van der Waals surface area contributed by atoms with E-state index in [2.05, 4.69) is 26.3 Å². The van der Waals surface area contributed by atoms with E-state index in [1.165, 1.54) is 24.4 Å². The van der Waals surface area contributed by atoms with Crippen molar-refractivity contribution in [1.29, 1.82) is 0 Å². The molecule has 7 heteroatoms. The van der Waals surface area contributed by atoms with Gasteiger partial charge in [-0.05, 0) is 39.7 Å². The van der Waals surface area contributed by atoms with Gasteiger partial charge in [-0.3, -0.25) is 10.8 Å². The molecule has 1 heterocycles. The molecule has 2 aromatic rings. The number of benzene rings is 1. The highest BCUT2D eigenvalue weighted by atomic mass is 79.9. The number of hydrazine groups is 1. The van der Waals surface area contributed by atoms with Crippen LogP contribution in [-0.4, -0.2) is 4.98 Å². The molecule has 0 aliphatic heterocycles. The molecule has 106 valence electrons. The third-order valence-corrected chi connectivity index (χ3v) is 3.47. The minimum atomic E-state index is -4.45. The van der Waals surface area contributed by atoms with Gasteiger partial charge in [0.25, 0.3) is 0 Å². The van der Waals surface area contributed by atoms with Crippen LogP contribution in [0.5, 0.6) is 0 Å². The van der Waals surface area contributed by atoms with Crippen molar-refractivity contribution in [3.8, 4) is 0 Å². The number of aromatic nitrogens is 1. The monoisotopic (exact) mass is 345 g/mol. The largest absolute Gasteiger partial charge is 0.416 e. The van der Waals surface area contributed by atoms with Crippen molar-refractivity contribution < 1.29 is 13.2 Å². The zero-order chi connectivity index (χ0) is 14.8. The van der Waals surface area contributed by atoms with E-state index in [1.807, 2.05) is 0 Å². The molecule has 3 nitrogen and oxygen atoms in total. The van der Waals surface area contributed by atoms with Crippen molar-refractivity contribution in [2.75, 3.05) is 0 Å². The van der Waals surface area contributed by atoms with Crippen molar-refractivity contribution in [2.45, 2.75) is 12.2 Å². The Balaban J connectivity index is 2.57. The Labute approximate surface area is 122 Å². The predicted molar refractivity (Wildman–Crippen MR) is 72.5 cm³/mol. The fourth-order valence-electron chi connectivity index (χ4n) is 1.93. The van der Waals surface area contributed by atoms with Gasteiger partial charge in [0.2, 0.25) is 0 Å². The zero-order valence-electron chi connectivity index (χ0n) is 10.2. The number of halogens is 4. The predicted octanol–water partition coefficient (Wildman–Crippen LogP) is 3.42. The van der Waals surface area contributed by atoms with Gasteiger partial charge in [-0.15, -0.1) is 0 Å². The van der Waals surface area contributed by atoms with Crippen molar-refractivity contribution in [3.05, 3.63) is 63.9 Å². The summed E-state index contributed by atoms with van der Waals surface area (Å²) in [7, 11) is 0. The third kappa shape index (κ3) is 3.00. The number of nitrogens with zero attached hydrogens (tertiary/aromatic N) is 1. The molecule has 0 aliphatic carbocycles. The minimum absolute atomic E-state index is 0.0295. The van der Waals surface area contributed by atoms with Gasteiger partial charge in [0.1, 0.15) is 0 Å². The first-order valence-corrected chi connectivity index (χ1v) is 6.47. The van der Waals surface area contributed by atoms with Crippen LogP contribution < -0.4 is 11.3 Å².